The van der Waals surface area contributed by atoms with Crippen LogP contribution in [0.2, 0.25) is 0 Å². The van der Waals surface area contributed by atoms with Crippen LogP contribution in [0.3, 0.4) is 0 Å². The van der Waals surface area contributed by atoms with E-state index in [1.165, 1.54) is 6.42 Å². The molecule has 0 spiro atoms. The van der Waals surface area contributed by atoms with E-state index in [4.69, 9.17) is 0 Å². The quantitative estimate of drug-likeness (QED) is 0.633. The van der Waals surface area contributed by atoms with Crippen LogP contribution in [0.1, 0.15) is 71.3 Å². The number of benzene rings is 1. The second-order valence-electron chi connectivity index (χ2n) is 8.40. The maximum atomic E-state index is 12.7. The van der Waals surface area contributed by atoms with Gasteiger partial charge in [0, 0.05) is 25.6 Å². The summed E-state index contributed by atoms with van der Waals surface area (Å²) in [5.74, 6) is 0.756. The maximum absolute atomic E-state index is 12.7. The lowest BCUT2D eigenvalue weighted by atomic mass is 10.0. The average Bonchev–Trinajstić information content (AvgIpc) is 2.67. The Morgan fingerprint density at radius 3 is 2.29 bits per heavy atom. The zero-order valence-electron chi connectivity index (χ0n) is 17.6. The zero-order chi connectivity index (χ0) is 20.6. The fraction of sp³-hybridized carbons (Fsp3) is 0.682. The molecule has 1 heterocycles. The molecule has 1 saturated heterocycles. The number of carbonyl (C=O) groups excluding carboxylic acids is 1. The van der Waals surface area contributed by atoms with Crippen molar-refractivity contribution in [3.05, 3.63) is 29.8 Å². The van der Waals surface area contributed by atoms with E-state index in [0.717, 1.165) is 37.7 Å². The minimum Gasteiger partial charge on any atom is -0.354 e. The molecular weight excluding hydrogens is 372 g/mol. The summed E-state index contributed by atoms with van der Waals surface area (Å²) in [4.78, 5) is 12.5. The largest absolute Gasteiger partial charge is 0.354 e. The van der Waals surface area contributed by atoms with Crippen LogP contribution in [0.15, 0.2) is 29.2 Å². The molecule has 1 amide bonds. The third kappa shape index (κ3) is 7.21. The zero-order valence-corrected chi connectivity index (χ0v) is 18.4. The summed E-state index contributed by atoms with van der Waals surface area (Å²) in [5, 5.41) is 3.06. The number of piperidine rings is 1. The first-order chi connectivity index (χ1) is 13.3. The third-order valence-electron chi connectivity index (χ3n) is 5.34. The normalized spacial score (nSPS) is 16.9. The predicted octanol–water partition coefficient (Wildman–Crippen LogP) is 4.12. The number of hydrogen-bond donors (Lipinski definition) is 1. The van der Waals surface area contributed by atoms with Crippen molar-refractivity contribution in [2.24, 2.45) is 5.92 Å². The van der Waals surface area contributed by atoms with Gasteiger partial charge in [0.15, 0.2) is 0 Å². The fourth-order valence-electron chi connectivity index (χ4n) is 3.59. The molecular formula is C22H36N2O3S. The minimum atomic E-state index is -3.39. The number of hydrogen-bond acceptors (Lipinski definition) is 3. The smallest absolute Gasteiger partial charge is 0.243 e. The summed E-state index contributed by atoms with van der Waals surface area (Å²) in [6.45, 7) is 7.70. The first kappa shape index (κ1) is 22.9. The van der Waals surface area contributed by atoms with Crippen molar-refractivity contribution in [1.29, 1.82) is 0 Å². The molecule has 1 N–H and O–H groups in total. The van der Waals surface area contributed by atoms with Crippen molar-refractivity contribution < 1.29 is 13.2 Å². The number of nitrogens with zero attached hydrogens (tertiary/aromatic N) is 1. The SMILES string of the molecule is CC(C)CCCC(C)NC(=O)CCc1ccc(S(=O)(=O)N2CCCCC2)cc1. The minimum absolute atomic E-state index is 0.0575. The summed E-state index contributed by atoms with van der Waals surface area (Å²) in [5.41, 5.74) is 0.986. The Labute approximate surface area is 170 Å². The Hall–Kier alpha value is -1.40. The highest BCUT2D eigenvalue weighted by Crippen LogP contribution is 2.21. The van der Waals surface area contributed by atoms with Gasteiger partial charge in [-0.25, -0.2) is 8.42 Å². The number of carbonyl (C=O) groups is 1. The first-order valence-corrected chi connectivity index (χ1v) is 12.1. The topological polar surface area (TPSA) is 66.5 Å². The second-order valence-corrected chi connectivity index (χ2v) is 10.3. The van der Waals surface area contributed by atoms with Gasteiger partial charge in [-0.1, -0.05) is 45.2 Å². The highest BCUT2D eigenvalue weighted by atomic mass is 32.2. The van der Waals surface area contributed by atoms with Crippen LogP contribution in [0, 0.1) is 5.92 Å². The molecule has 158 valence electrons. The molecule has 6 heteroatoms. The van der Waals surface area contributed by atoms with E-state index in [2.05, 4.69) is 26.1 Å². The van der Waals surface area contributed by atoms with Gasteiger partial charge >= 0.3 is 0 Å². The lowest BCUT2D eigenvalue weighted by Gasteiger charge is -2.25. The van der Waals surface area contributed by atoms with Crippen molar-refractivity contribution >= 4 is 15.9 Å². The molecule has 1 aliphatic rings. The lowest BCUT2D eigenvalue weighted by molar-refractivity contribution is -0.121. The Morgan fingerprint density at radius 2 is 1.68 bits per heavy atom. The molecule has 1 aromatic rings. The summed E-state index contributed by atoms with van der Waals surface area (Å²) in [7, 11) is -3.39. The molecule has 2 rings (SSSR count). The van der Waals surface area contributed by atoms with Gasteiger partial charge in [-0.05, 0) is 56.2 Å². The van der Waals surface area contributed by atoms with Crippen LogP contribution < -0.4 is 5.32 Å². The van der Waals surface area contributed by atoms with E-state index in [-0.39, 0.29) is 11.9 Å². The Kier molecular flexibility index (Phi) is 8.96. The van der Waals surface area contributed by atoms with Crippen molar-refractivity contribution in [2.75, 3.05) is 13.1 Å². The Balaban J connectivity index is 1.79. The highest BCUT2D eigenvalue weighted by molar-refractivity contribution is 7.89. The summed E-state index contributed by atoms with van der Waals surface area (Å²) in [6, 6.07) is 7.20. The van der Waals surface area contributed by atoms with Gasteiger partial charge in [0.05, 0.1) is 4.90 Å². The van der Waals surface area contributed by atoms with Gasteiger partial charge in [0.2, 0.25) is 15.9 Å². The predicted molar refractivity (Wildman–Crippen MR) is 114 cm³/mol. The lowest BCUT2D eigenvalue weighted by Crippen LogP contribution is -2.35. The monoisotopic (exact) mass is 408 g/mol. The molecule has 5 nitrogen and oxygen atoms in total. The van der Waals surface area contributed by atoms with E-state index in [1.54, 1.807) is 16.4 Å². The van der Waals surface area contributed by atoms with Crippen LogP contribution in [0.5, 0.6) is 0 Å². The van der Waals surface area contributed by atoms with E-state index in [9.17, 15) is 13.2 Å². The molecule has 1 unspecified atom stereocenters. The Morgan fingerprint density at radius 1 is 1.04 bits per heavy atom. The van der Waals surface area contributed by atoms with E-state index in [1.807, 2.05) is 12.1 Å². The molecule has 0 radical (unpaired) electrons. The standard InChI is InChI=1S/C22H36N2O3S/c1-18(2)8-7-9-19(3)23-22(25)15-12-20-10-13-21(14-11-20)28(26,27)24-16-5-4-6-17-24/h10-11,13-14,18-19H,4-9,12,15-17H2,1-3H3,(H,23,25). The number of rotatable bonds is 10. The van der Waals surface area contributed by atoms with Gasteiger partial charge in [0.1, 0.15) is 0 Å². The second kappa shape index (κ2) is 11.0. The Bertz CT molecular complexity index is 708. The van der Waals surface area contributed by atoms with E-state index < -0.39 is 10.0 Å². The third-order valence-corrected chi connectivity index (χ3v) is 7.26. The van der Waals surface area contributed by atoms with Crippen molar-refractivity contribution in [1.82, 2.24) is 9.62 Å². The van der Waals surface area contributed by atoms with Crippen LogP contribution in [0.4, 0.5) is 0 Å². The molecule has 0 aliphatic carbocycles. The van der Waals surface area contributed by atoms with Crippen LogP contribution in [-0.4, -0.2) is 37.8 Å². The highest BCUT2D eigenvalue weighted by Gasteiger charge is 2.25. The van der Waals surface area contributed by atoms with E-state index >= 15 is 0 Å². The van der Waals surface area contributed by atoms with Crippen LogP contribution in [-0.2, 0) is 21.2 Å². The number of amides is 1. The summed E-state index contributed by atoms with van der Waals surface area (Å²) >= 11 is 0. The van der Waals surface area contributed by atoms with Gasteiger partial charge in [-0.2, -0.15) is 4.31 Å². The number of sulfonamides is 1. The summed E-state index contributed by atoms with van der Waals surface area (Å²) < 4.78 is 26.9. The van der Waals surface area contributed by atoms with E-state index in [0.29, 0.717) is 36.7 Å². The van der Waals surface area contributed by atoms with Gasteiger partial charge in [0.25, 0.3) is 0 Å². The molecule has 1 aromatic carbocycles. The molecule has 1 fully saturated rings. The molecule has 1 atom stereocenters. The number of aryl methyl sites for hydroxylation is 1. The fourth-order valence-corrected chi connectivity index (χ4v) is 5.11. The molecule has 0 bridgehead atoms. The van der Waals surface area contributed by atoms with Crippen molar-refractivity contribution in [3.8, 4) is 0 Å². The van der Waals surface area contributed by atoms with Crippen molar-refractivity contribution in [2.45, 2.75) is 83.1 Å². The average molecular weight is 409 g/mol. The van der Waals surface area contributed by atoms with Gasteiger partial charge < -0.3 is 5.32 Å². The molecule has 1 aliphatic heterocycles. The molecule has 28 heavy (non-hydrogen) atoms. The van der Waals surface area contributed by atoms with Gasteiger partial charge in [-0.3, -0.25) is 4.79 Å². The molecule has 0 saturated carbocycles. The van der Waals surface area contributed by atoms with Crippen molar-refractivity contribution in [3.63, 3.8) is 0 Å². The number of nitrogens with one attached hydrogen (secondary N) is 1. The maximum Gasteiger partial charge on any atom is 0.243 e. The first-order valence-electron chi connectivity index (χ1n) is 10.7. The van der Waals surface area contributed by atoms with Crippen LogP contribution >= 0.6 is 0 Å². The van der Waals surface area contributed by atoms with Gasteiger partial charge in [-0.15, -0.1) is 0 Å². The summed E-state index contributed by atoms with van der Waals surface area (Å²) in [6.07, 6.45) is 7.33. The molecule has 0 aromatic heterocycles. The van der Waals surface area contributed by atoms with Crippen LogP contribution in [0.25, 0.3) is 0 Å².